The van der Waals surface area contributed by atoms with Crippen molar-refractivity contribution < 1.29 is 9.47 Å². The summed E-state index contributed by atoms with van der Waals surface area (Å²) in [6.45, 7) is 0. The first-order chi connectivity index (χ1) is 14.4. The van der Waals surface area contributed by atoms with Gasteiger partial charge in [-0.3, -0.25) is 5.41 Å². The SMILES string of the molecule is CN(C)c1ccc(C2OC34CCCCCCC3C(C#N)(C(=N)O4)C2(C#N)C#N)cc1. The van der Waals surface area contributed by atoms with Gasteiger partial charge in [0.2, 0.25) is 17.1 Å². The molecular formula is C23H25N5O2. The lowest BCUT2D eigenvalue weighted by molar-refractivity contribution is -0.289. The number of ether oxygens (including phenoxy) is 2. The van der Waals surface area contributed by atoms with Crippen LogP contribution in [0.1, 0.15) is 50.2 Å². The summed E-state index contributed by atoms with van der Waals surface area (Å²) >= 11 is 0. The van der Waals surface area contributed by atoms with E-state index in [2.05, 4.69) is 18.2 Å². The molecule has 2 heterocycles. The number of nitrogens with one attached hydrogen (secondary N) is 1. The van der Waals surface area contributed by atoms with Gasteiger partial charge in [0.25, 0.3) is 0 Å². The van der Waals surface area contributed by atoms with Crippen LogP contribution in [0.2, 0.25) is 0 Å². The second kappa shape index (κ2) is 7.01. The first-order valence-corrected chi connectivity index (χ1v) is 10.4. The zero-order chi connectivity index (χ0) is 21.6. The molecule has 2 bridgehead atoms. The zero-order valence-corrected chi connectivity index (χ0v) is 17.3. The lowest BCUT2D eigenvalue weighted by atomic mass is 9.52. The van der Waals surface area contributed by atoms with E-state index in [4.69, 9.17) is 14.9 Å². The molecule has 1 saturated carbocycles. The van der Waals surface area contributed by atoms with Gasteiger partial charge in [0.15, 0.2) is 5.41 Å². The minimum Gasteiger partial charge on any atom is -0.447 e. The summed E-state index contributed by atoms with van der Waals surface area (Å²) in [4.78, 5) is 1.95. The van der Waals surface area contributed by atoms with E-state index in [-0.39, 0.29) is 5.90 Å². The minimum absolute atomic E-state index is 0.299. The molecule has 0 aromatic heterocycles. The third kappa shape index (κ3) is 2.41. The Morgan fingerprint density at radius 2 is 1.67 bits per heavy atom. The van der Waals surface area contributed by atoms with Crippen molar-refractivity contribution >= 4 is 11.6 Å². The quantitative estimate of drug-likeness (QED) is 0.796. The Morgan fingerprint density at radius 1 is 1.00 bits per heavy atom. The Balaban J connectivity index is 1.93. The maximum Gasteiger partial charge on any atom is 0.217 e. The van der Waals surface area contributed by atoms with Gasteiger partial charge in [-0.1, -0.05) is 31.4 Å². The average Bonchev–Trinajstić information content (AvgIpc) is 2.91. The van der Waals surface area contributed by atoms with Gasteiger partial charge in [-0.05, 0) is 30.5 Å². The molecule has 4 rings (SSSR count). The molecule has 1 aromatic carbocycles. The van der Waals surface area contributed by atoms with Gasteiger partial charge in [-0.25, -0.2) is 0 Å². The van der Waals surface area contributed by atoms with Crippen LogP contribution < -0.4 is 4.90 Å². The molecule has 2 saturated heterocycles. The maximum absolute atomic E-state index is 10.4. The minimum atomic E-state index is -1.87. The highest BCUT2D eigenvalue weighted by Gasteiger charge is 2.79. The highest BCUT2D eigenvalue weighted by atomic mass is 16.7. The van der Waals surface area contributed by atoms with E-state index >= 15 is 0 Å². The van der Waals surface area contributed by atoms with Crippen LogP contribution in [-0.4, -0.2) is 25.8 Å². The molecule has 4 atom stereocenters. The van der Waals surface area contributed by atoms with Gasteiger partial charge < -0.3 is 14.4 Å². The fraction of sp³-hybridized carbons (Fsp3) is 0.565. The van der Waals surface area contributed by atoms with Crippen molar-refractivity contribution in [3.05, 3.63) is 29.8 Å². The zero-order valence-electron chi connectivity index (χ0n) is 17.3. The largest absolute Gasteiger partial charge is 0.447 e. The van der Waals surface area contributed by atoms with E-state index in [0.29, 0.717) is 18.4 Å². The Kier molecular flexibility index (Phi) is 4.72. The van der Waals surface area contributed by atoms with Crippen LogP contribution in [0.5, 0.6) is 0 Å². The fourth-order valence-corrected chi connectivity index (χ4v) is 5.46. The van der Waals surface area contributed by atoms with Crippen molar-refractivity contribution in [2.45, 2.75) is 50.4 Å². The third-order valence-corrected chi connectivity index (χ3v) is 7.03. The number of nitrogens with zero attached hydrogens (tertiary/aromatic N) is 4. The molecule has 3 fully saturated rings. The lowest BCUT2D eigenvalue weighted by Gasteiger charge is -2.50. The van der Waals surface area contributed by atoms with Crippen molar-refractivity contribution in [1.82, 2.24) is 0 Å². The van der Waals surface area contributed by atoms with Crippen molar-refractivity contribution in [2.24, 2.45) is 16.7 Å². The van der Waals surface area contributed by atoms with Crippen LogP contribution >= 0.6 is 0 Å². The summed E-state index contributed by atoms with van der Waals surface area (Å²) in [6.07, 6.45) is 3.90. The third-order valence-electron chi connectivity index (χ3n) is 7.03. The van der Waals surface area contributed by atoms with Gasteiger partial charge in [0.05, 0.1) is 24.1 Å². The topological polar surface area (TPSA) is 117 Å². The Hall–Kier alpha value is -3.08. The van der Waals surface area contributed by atoms with Gasteiger partial charge in [0.1, 0.15) is 6.10 Å². The van der Waals surface area contributed by atoms with Crippen LogP contribution in [0, 0.1) is 56.2 Å². The van der Waals surface area contributed by atoms with Gasteiger partial charge in [-0.15, -0.1) is 0 Å². The smallest absolute Gasteiger partial charge is 0.217 e. The van der Waals surface area contributed by atoms with Crippen molar-refractivity contribution in [3.8, 4) is 18.2 Å². The molecule has 4 unspecified atom stereocenters. The van der Waals surface area contributed by atoms with Crippen LogP contribution in [-0.2, 0) is 9.47 Å². The lowest BCUT2D eigenvalue weighted by Crippen LogP contribution is -2.59. The second-order valence-electron chi connectivity index (χ2n) is 8.68. The fourth-order valence-electron chi connectivity index (χ4n) is 5.46. The van der Waals surface area contributed by atoms with E-state index in [1.165, 1.54) is 0 Å². The normalized spacial score (nSPS) is 34.2. The van der Waals surface area contributed by atoms with E-state index in [1.54, 1.807) is 0 Å². The molecule has 30 heavy (non-hydrogen) atoms. The molecule has 7 nitrogen and oxygen atoms in total. The van der Waals surface area contributed by atoms with E-state index in [0.717, 1.165) is 31.4 Å². The van der Waals surface area contributed by atoms with Gasteiger partial charge in [0, 0.05) is 26.2 Å². The van der Waals surface area contributed by atoms with E-state index in [9.17, 15) is 15.8 Å². The monoisotopic (exact) mass is 403 g/mol. The molecular weight excluding hydrogens is 378 g/mol. The molecule has 1 aromatic rings. The molecule has 3 aliphatic rings. The van der Waals surface area contributed by atoms with E-state index in [1.807, 2.05) is 43.3 Å². The maximum atomic E-state index is 10.4. The molecule has 7 heteroatoms. The first kappa shape index (κ1) is 20.2. The molecule has 2 aliphatic heterocycles. The molecule has 0 amide bonds. The Morgan fingerprint density at radius 3 is 2.27 bits per heavy atom. The standard InChI is InChI=1S/C23H25N5O2/c1-28(2)17-10-8-16(9-11-17)19-21(13-24,14-25)22(15-26)18-7-5-3-4-6-12-23(18,29-19)30-20(22)27/h8-11,18-19,27H,3-7,12H2,1-2H3. The van der Waals surface area contributed by atoms with Crippen molar-refractivity contribution in [2.75, 3.05) is 19.0 Å². The average molecular weight is 403 g/mol. The highest BCUT2D eigenvalue weighted by Crippen LogP contribution is 2.68. The van der Waals surface area contributed by atoms with Crippen LogP contribution in [0.3, 0.4) is 0 Å². The first-order valence-electron chi connectivity index (χ1n) is 10.4. The number of hydrogen-bond acceptors (Lipinski definition) is 7. The van der Waals surface area contributed by atoms with Gasteiger partial charge >= 0.3 is 0 Å². The Labute approximate surface area is 176 Å². The molecule has 0 spiro atoms. The predicted octanol–water partition coefficient (Wildman–Crippen LogP) is 4.04. The Bertz CT molecular complexity index is 969. The molecule has 0 radical (unpaired) electrons. The number of nitriles is 3. The summed E-state index contributed by atoms with van der Waals surface area (Å²) in [5, 5.41) is 39.6. The number of rotatable bonds is 2. The van der Waals surface area contributed by atoms with Gasteiger partial charge in [-0.2, -0.15) is 15.8 Å². The van der Waals surface area contributed by atoms with E-state index < -0.39 is 28.6 Å². The molecule has 154 valence electrons. The summed E-state index contributed by atoms with van der Waals surface area (Å²) in [5.74, 6) is -1.96. The highest BCUT2D eigenvalue weighted by molar-refractivity contribution is 5.89. The van der Waals surface area contributed by atoms with Crippen molar-refractivity contribution in [1.29, 1.82) is 21.2 Å². The van der Waals surface area contributed by atoms with Crippen molar-refractivity contribution in [3.63, 3.8) is 0 Å². The summed E-state index contributed by atoms with van der Waals surface area (Å²) in [5.41, 5.74) is -1.92. The summed E-state index contributed by atoms with van der Waals surface area (Å²) < 4.78 is 12.5. The van der Waals surface area contributed by atoms with Crippen LogP contribution in [0.15, 0.2) is 24.3 Å². The molecule has 1 aliphatic carbocycles. The van der Waals surface area contributed by atoms with Crippen LogP contribution in [0.4, 0.5) is 5.69 Å². The van der Waals surface area contributed by atoms with Crippen LogP contribution in [0.25, 0.3) is 0 Å². The summed E-state index contributed by atoms with van der Waals surface area (Å²) in [6, 6.07) is 14.0. The predicted molar refractivity (Wildman–Crippen MR) is 109 cm³/mol. The summed E-state index contributed by atoms with van der Waals surface area (Å²) in [7, 11) is 3.86. The number of hydrogen-bond donors (Lipinski definition) is 1. The number of benzene rings is 1. The molecule has 1 N–H and O–H groups in total. The number of anilines is 1. The second-order valence-corrected chi connectivity index (χ2v) is 8.68.